The van der Waals surface area contributed by atoms with E-state index in [2.05, 4.69) is 21.2 Å². The van der Waals surface area contributed by atoms with Crippen molar-refractivity contribution < 1.29 is 4.79 Å². The quantitative estimate of drug-likeness (QED) is 0.887. The molecule has 0 radical (unpaired) electrons. The second-order valence-corrected chi connectivity index (χ2v) is 5.28. The van der Waals surface area contributed by atoms with Gasteiger partial charge in [-0.2, -0.15) is 0 Å². The number of anilines is 2. The lowest BCUT2D eigenvalue weighted by atomic mass is 10.3. The van der Waals surface area contributed by atoms with Crippen LogP contribution in [-0.2, 0) is 11.3 Å². The van der Waals surface area contributed by atoms with Crippen LogP contribution in [0.25, 0.3) is 0 Å². The summed E-state index contributed by atoms with van der Waals surface area (Å²) in [7, 11) is 0. The molecule has 7 heteroatoms. The van der Waals surface area contributed by atoms with Crippen molar-refractivity contribution >= 4 is 44.8 Å². The van der Waals surface area contributed by atoms with Crippen LogP contribution >= 0.6 is 27.5 Å². The molecule has 0 aliphatic carbocycles. The molecule has 0 fully saturated rings. The Balaban J connectivity index is 2.15. The van der Waals surface area contributed by atoms with Crippen molar-refractivity contribution in [1.29, 1.82) is 0 Å². The van der Waals surface area contributed by atoms with Crippen LogP contribution in [0.3, 0.4) is 0 Å². The maximum atomic E-state index is 11.9. The Labute approximate surface area is 128 Å². The highest BCUT2D eigenvalue weighted by atomic mass is 79.9. The molecule has 3 N–H and O–H groups in total. The molecule has 20 heavy (non-hydrogen) atoms. The van der Waals surface area contributed by atoms with E-state index in [1.54, 1.807) is 18.2 Å². The van der Waals surface area contributed by atoms with E-state index in [4.69, 9.17) is 17.3 Å². The van der Waals surface area contributed by atoms with Gasteiger partial charge in [0.15, 0.2) is 0 Å². The lowest BCUT2D eigenvalue weighted by Crippen LogP contribution is -2.27. The number of nitrogens with two attached hydrogens (primary N) is 1. The van der Waals surface area contributed by atoms with Crippen molar-refractivity contribution in [3.63, 3.8) is 0 Å². The van der Waals surface area contributed by atoms with Crippen LogP contribution in [0.1, 0.15) is 0 Å². The number of amides is 1. The van der Waals surface area contributed by atoms with Crippen molar-refractivity contribution in [3.8, 4) is 0 Å². The van der Waals surface area contributed by atoms with Gasteiger partial charge in [-0.15, -0.1) is 0 Å². The van der Waals surface area contributed by atoms with Gasteiger partial charge in [0.1, 0.15) is 6.54 Å². The average Bonchev–Trinajstić information content (AvgIpc) is 2.39. The van der Waals surface area contributed by atoms with E-state index in [1.165, 1.54) is 22.9 Å². The van der Waals surface area contributed by atoms with Crippen LogP contribution < -0.4 is 16.6 Å². The molecule has 0 aliphatic heterocycles. The van der Waals surface area contributed by atoms with Gasteiger partial charge >= 0.3 is 0 Å². The summed E-state index contributed by atoms with van der Waals surface area (Å²) in [5, 5.41) is 3.17. The minimum Gasteiger partial charge on any atom is -0.398 e. The van der Waals surface area contributed by atoms with Gasteiger partial charge in [0.05, 0.1) is 15.2 Å². The van der Waals surface area contributed by atoms with E-state index in [0.717, 1.165) is 0 Å². The molecule has 1 heterocycles. The molecule has 0 bridgehead atoms. The van der Waals surface area contributed by atoms with Gasteiger partial charge in [0, 0.05) is 18.0 Å². The van der Waals surface area contributed by atoms with Crippen LogP contribution in [0.15, 0.2) is 45.8 Å². The minimum absolute atomic E-state index is 0.122. The Bertz CT molecular complexity index is 715. The van der Waals surface area contributed by atoms with Crippen LogP contribution in [0, 0.1) is 0 Å². The van der Waals surface area contributed by atoms with E-state index in [1.807, 2.05) is 0 Å². The molecule has 2 aromatic rings. The highest BCUT2D eigenvalue weighted by Gasteiger charge is 2.09. The Kier molecular flexibility index (Phi) is 4.46. The van der Waals surface area contributed by atoms with Crippen LogP contribution in [0.2, 0.25) is 5.02 Å². The third-order valence-electron chi connectivity index (χ3n) is 2.55. The number of halogens is 2. The predicted molar refractivity (Wildman–Crippen MR) is 82.9 cm³/mol. The summed E-state index contributed by atoms with van der Waals surface area (Å²) >= 11 is 9.22. The topological polar surface area (TPSA) is 77.1 Å². The van der Waals surface area contributed by atoms with Gasteiger partial charge < -0.3 is 15.6 Å². The van der Waals surface area contributed by atoms with E-state index in [0.29, 0.717) is 20.9 Å². The fourth-order valence-corrected chi connectivity index (χ4v) is 2.16. The van der Waals surface area contributed by atoms with Gasteiger partial charge in [-0.05, 0) is 34.1 Å². The fourth-order valence-electron chi connectivity index (χ4n) is 1.62. The van der Waals surface area contributed by atoms with Crippen molar-refractivity contribution in [3.05, 3.63) is 56.4 Å². The first-order valence-corrected chi connectivity index (χ1v) is 6.84. The first kappa shape index (κ1) is 14.6. The zero-order valence-electron chi connectivity index (χ0n) is 10.3. The number of hydrogen-bond donors (Lipinski definition) is 2. The first-order chi connectivity index (χ1) is 9.47. The number of carbonyl (C=O) groups excluding carboxylic acids is 1. The molecule has 0 saturated heterocycles. The number of carbonyl (C=O) groups is 1. The number of benzene rings is 1. The lowest BCUT2D eigenvalue weighted by molar-refractivity contribution is -0.116. The van der Waals surface area contributed by atoms with E-state index < -0.39 is 0 Å². The summed E-state index contributed by atoms with van der Waals surface area (Å²) in [6, 6.07) is 7.93. The second kappa shape index (κ2) is 6.11. The normalized spacial score (nSPS) is 10.3. The Morgan fingerprint density at radius 2 is 2.10 bits per heavy atom. The number of rotatable bonds is 3. The molecular weight excluding hydrogens is 346 g/mol. The molecular formula is C13H11BrClN3O2. The third-order valence-corrected chi connectivity index (χ3v) is 3.94. The minimum atomic E-state index is -0.347. The highest BCUT2D eigenvalue weighted by molar-refractivity contribution is 9.10. The number of nitrogens with zero attached hydrogens (tertiary/aromatic N) is 1. The maximum Gasteiger partial charge on any atom is 0.251 e. The predicted octanol–water partition coefficient (Wildman–Crippen LogP) is 2.49. The summed E-state index contributed by atoms with van der Waals surface area (Å²) in [4.78, 5) is 23.5. The van der Waals surface area contributed by atoms with E-state index >= 15 is 0 Å². The standard InChI is InChI=1S/C13H11BrClN3O2/c14-13-9(15)2-1-3-10(13)17-11(19)7-18-6-8(16)4-5-12(18)20/h1-6H,7,16H2,(H,17,19). The summed E-state index contributed by atoms with van der Waals surface area (Å²) in [6.45, 7) is -0.122. The molecule has 1 amide bonds. The van der Waals surface area contributed by atoms with E-state index in [9.17, 15) is 9.59 Å². The van der Waals surface area contributed by atoms with Gasteiger partial charge in [-0.3, -0.25) is 9.59 Å². The number of nitrogen functional groups attached to an aromatic ring is 1. The molecule has 0 saturated carbocycles. The maximum absolute atomic E-state index is 11.9. The monoisotopic (exact) mass is 355 g/mol. The number of pyridine rings is 1. The second-order valence-electron chi connectivity index (χ2n) is 4.08. The summed E-state index contributed by atoms with van der Waals surface area (Å²) in [5.74, 6) is -0.347. The molecule has 1 aromatic heterocycles. The van der Waals surface area contributed by atoms with Gasteiger partial charge in [0.25, 0.3) is 5.56 Å². The molecule has 2 rings (SSSR count). The Hall–Kier alpha value is -1.79. The zero-order chi connectivity index (χ0) is 14.7. The fraction of sp³-hybridized carbons (Fsp3) is 0.0769. The summed E-state index contributed by atoms with van der Waals surface area (Å²) in [5.41, 5.74) is 6.25. The molecule has 0 atom stereocenters. The smallest absolute Gasteiger partial charge is 0.251 e. The summed E-state index contributed by atoms with van der Waals surface area (Å²) in [6.07, 6.45) is 1.43. The first-order valence-electron chi connectivity index (χ1n) is 5.67. The molecule has 5 nitrogen and oxygen atoms in total. The van der Waals surface area contributed by atoms with Gasteiger partial charge in [-0.25, -0.2) is 0 Å². The third kappa shape index (κ3) is 3.40. The van der Waals surface area contributed by atoms with Crippen molar-refractivity contribution in [1.82, 2.24) is 4.57 Å². The largest absolute Gasteiger partial charge is 0.398 e. The Morgan fingerprint density at radius 1 is 1.35 bits per heavy atom. The van der Waals surface area contributed by atoms with E-state index in [-0.39, 0.29) is 18.0 Å². The van der Waals surface area contributed by atoms with Crippen LogP contribution in [-0.4, -0.2) is 10.5 Å². The SMILES string of the molecule is Nc1ccc(=O)n(CC(=O)Nc2cccc(Cl)c2Br)c1. The molecule has 104 valence electrons. The van der Waals surface area contributed by atoms with Crippen molar-refractivity contribution in [2.75, 3.05) is 11.1 Å². The number of nitrogens with one attached hydrogen (secondary N) is 1. The van der Waals surface area contributed by atoms with Crippen molar-refractivity contribution in [2.24, 2.45) is 0 Å². The molecule has 0 spiro atoms. The highest BCUT2D eigenvalue weighted by Crippen LogP contribution is 2.29. The van der Waals surface area contributed by atoms with Crippen LogP contribution in [0.5, 0.6) is 0 Å². The van der Waals surface area contributed by atoms with Gasteiger partial charge in [-0.1, -0.05) is 17.7 Å². The molecule has 1 aromatic carbocycles. The zero-order valence-corrected chi connectivity index (χ0v) is 12.6. The summed E-state index contributed by atoms with van der Waals surface area (Å²) < 4.78 is 1.83. The van der Waals surface area contributed by atoms with Gasteiger partial charge in [0.2, 0.25) is 5.91 Å². The number of aromatic nitrogens is 1. The molecule has 0 unspecified atom stereocenters. The number of hydrogen-bond acceptors (Lipinski definition) is 3. The Morgan fingerprint density at radius 3 is 2.85 bits per heavy atom. The lowest BCUT2D eigenvalue weighted by Gasteiger charge is -2.10. The average molecular weight is 357 g/mol. The van der Waals surface area contributed by atoms with Crippen LogP contribution in [0.4, 0.5) is 11.4 Å². The molecule has 0 aliphatic rings. The van der Waals surface area contributed by atoms with Crippen molar-refractivity contribution in [2.45, 2.75) is 6.54 Å².